The van der Waals surface area contributed by atoms with Crippen molar-refractivity contribution < 1.29 is 9.18 Å². The van der Waals surface area contributed by atoms with E-state index < -0.39 is 11.9 Å². The van der Waals surface area contributed by atoms with Crippen LogP contribution < -0.4 is 16.7 Å². The molecular weight excluding hydrogens is 481 g/mol. The number of nitrogens with one attached hydrogen (secondary N) is 1. The van der Waals surface area contributed by atoms with Crippen LogP contribution in [0.2, 0.25) is 5.02 Å². The number of nitrogens with two attached hydrogens (primary N) is 1. The molecule has 1 aromatic heterocycles. The minimum Gasteiger partial charge on any atom is -0.329 e. The molecule has 186 valence electrons. The summed E-state index contributed by atoms with van der Waals surface area (Å²) < 4.78 is 15.2. The number of nitrogens with zero attached hydrogens (tertiary/aromatic N) is 3. The number of aryl methyl sites for hydroxylation is 1. The Balaban J connectivity index is 1.89. The Labute approximate surface area is 213 Å². The van der Waals surface area contributed by atoms with Crippen molar-refractivity contribution in [1.29, 1.82) is 0 Å². The Morgan fingerprint density at radius 1 is 1.17 bits per heavy atom. The first-order valence-corrected chi connectivity index (χ1v) is 12.0. The van der Waals surface area contributed by atoms with E-state index in [9.17, 15) is 14.0 Å². The number of carbonyl (C=O) groups is 1. The first kappa shape index (κ1) is 25.3. The molecule has 0 saturated carbocycles. The van der Waals surface area contributed by atoms with Gasteiger partial charge in [0.25, 0.3) is 11.5 Å². The number of fused-ring (bicyclic) bond motifs is 1. The maximum absolute atomic E-state index is 13.9. The maximum Gasteiger partial charge on any atom is 0.280 e. The number of anilines is 1. The molecule has 0 aliphatic heterocycles. The fourth-order valence-corrected chi connectivity index (χ4v) is 4.34. The first-order chi connectivity index (χ1) is 17.3. The fourth-order valence-electron chi connectivity index (χ4n) is 4.17. The Kier molecular flexibility index (Phi) is 7.67. The second-order valence-corrected chi connectivity index (χ2v) is 8.86. The van der Waals surface area contributed by atoms with Crippen molar-refractivity contribution in [2.75, 3.05) is 18.5 Å². The highest BCUT2D eigenvalue weighted by atomic mass is 35.5. The molecule has 4 rings (SSSR count). The number of rotatable bonds is 8. The van der Waals surface area contributed by atoms with Crippen LogP contribution in [-0.2, 0) is 0 Å². The zero-order valence-electron chi connectivity index (χ0n) is 20.0. The molecule has 36 heavy (non-hydrogen) atoms. The van der Waals surface area contributed by atoms with E-state index in [0.29, 0.717) is 45.0 Å². The van der Waals surface area contributed by atoms with Gasteiger partial charge in [-0.2, -0.15) is 0 Å². The minimum absolute atomic E-state index is 0.193. The molecule has 7 nitrogen and oxygen atoms in total. The maximum atomic E-state index is 13.9. The molecule has 1 unspecified atom stereocenters. The van der Waals surface area contributed by atoms with Crippen LogP contribution in [0.3, 0.4) is 0 Å². The molecule has 0 aliphatic rings. The molecule has 4 aromatic rings. The average Bonchev–Trinajstić information content (AvgIpc) is 2.87. The second kappa shape index (κ2) is 10.9. The van der Waals surface area contributed by atoms with Gasteiger partial charge in [0.1, 0.15) is 5.82 Å². The number of hydrogen-bond acceptors (Lipinski definition) is 5. The molecule has 3 N–H and O–H groups in total. The van der Waals surface area contributed by atoms with E-state index in [4.69, 9.17) is 22.3 Å². The van der Waals surface area contributed by atoms with Crippen molar-refractivity contribution in [3.05, 3.63) is 105 Å². The molecule has 3 aromatic carbocycles. The lowest BCUT2D eigenvalue weighted by Crippen LogP contribution is -2.42. The quantitative estimate of drug-likeness (QED) is 0.353. The van der Waals surface area contributed by atoms with Crippen LogP contribution in [0.4, 0.5) is 10.1 Å². The van der Waals surface area contributed by atoms with Crippen LogP contribution in [0.1, 0.15) is 41.1 Å². The summed E-state index contributed by atoms with van der Waals surface area (Å²) in [7, 11) is 0. The summed E-state index contributed by atoms with van der Waals surface area (Å²) >= 11 is 6.20. The zero-order chi connectivity index (χ0) is 25.8. The summed E-state index contributed by atoms with van der Waals surface area (Å²) in [6.07, 6.45) is 0.445. The van der Waals surface area contributed by atoms with E-state index in [1.165, 1.54) is 22.9 Å². The number of halogens is 2. The number of hydrogen-bond donors (Lipinski definition) is 2. The van der Waals surface area contributed by atoms with Crippen LogP contribution in [0.15, 0.2) is 71.5 Å². The van der Waals surface area contributed by atoms with Crippen LogP contribution in [0.5, 0.6) is 0 Å². The van der Waals surface area contributed by atoms with Crippen LogP contribution >= 0.6 is 11.6 Å². The number of amides is 1. The molecule has 0 radical (unpaired) electrons. The first-order valence-electron chi connectivity index (χ1n) is 11.7. The Morgan fingerprint density at radius 2 is 1.92 bits per heavy atom. The van der Waals surface area contributed by atoms with Crippen LogP contribution in [-0.4, -0.2) is 33.6 Å². The van der Waals surface area contributed by atoms with Gasteiger partial charge in [-0.3, -0.25) is 15.0 Å². The monoisotopic (exact) mass is 507 g/mol. The lowest BCUT2D eigenvalue weighted by Gasteiger charge is -2.32. The van der Waals surface area contributed by atoms with Crippen molar-refractivity contribution in [2.24, 2.45) is 5.73 Å². The van der Waals surface area contributed by atoms with Gasteiger partial charge in [0.05, 0.1) is 22.6 Å². The standard InChI is InChI=1S/C27H27ClFN5O2/c1-3-24(33(14-13-30)26(35)18-9-12-22(29)17(2)15-18)25-31-23-16-19(28)10-11-21(23)27(36)34(25)32-20-7-5-4-6-8-20/h4-12,15-16,24,32H,3,13-14,30H2,1-2H3. The second-order valence-electron chi connectivity index (χ2n) is 8.43. The van der Waals surface area contributed by atoms with Gasteiger partial charge in [-0.15, -0.1) is 0 Å². The average molecular weight is 508 g/mol. The molecule has 0 bridgehead atoms. The number of aromatic nitrogens is 2. The molecular formula is C27H27ClFN5O2. The van der Waals surface area contributed by atoms with Crippen molar-refractivity contribution in [2.45, 2.75) is 26.3 Å². The summed E-state index contributed by atoms with van der Waals surface area (Å²) in [5.74, 6) is -0.387. The van der Waals surface area contributed by atoms with Gasteiger partial charge in [-0.25, -0.2) is 14.1 Å². The van der Waals surface area contributed by atoms with E-state index in [2.05, 4.69) is 5.43 Å². The predicted octanol–water partition coefficient (Wildman–Crippen LogP) is 4.92. The largest absolute Gasteiger partial charge is 0.329 e. The molecule has 0 fully saturated rings. The summed E-state index contributed by atoms with van der Waals surface area (Å²) in [6.45, 7) is 3.91. The van der Waals surface area contributed by atoms with Gasteiger partial charge in [-0.05, 0) is 67.4 Å². The summed E-state index contributed by atoms with van der Waals surface area (Å²) in [5.41, 5.74) is 10.5. The highest BCUT2D eigenvalue weighted by Gasteiger charge is 2.29. The SMILES string of the molecule is CCC(c1nc2cc(Cl)ccc2c(=O)n1Nc1ccccc1)N(CCN)C(=O)c1ccc(F)c(C)c1. The van der Waals surface area contributed by atoms with Crippen molar-refractivity contribution in [1.82, 2.24) is 14.6 Å². The number of carbonyl (C=O) groups excluding carboxylic acids is 1. The van der Waals surface area contributed by atoms with E-state index >= 15 is 0 Å². The zero-order valence-corrected chi connectivity index (χ0v) is 20.8. The summed E-state index contributed by atoms with van der Waals surface area (Å²) in [6, 6.07) is 17.7. The summed E-state index contributed by atoms with van der Waals surface area (Å²) in [4.78, 5) is 33.6. The third-order valence-electron chi connectivity index (χ3n) is 5.97. The molecule has 9 heteroatoms. The van der Waals surface area contributed by atoms with Crippen molar-refractivity contribution >= 4 is 34.1 Å². The van der Waals surface area contributed by atoms with Crippen molar-refractivity contribution in [3.63, 3.8) is 0 Å². The topological polar surface area (TPSA) is 93.2 Å². The van der Waals surface area contributed by atoms with Crippen molar-refractivity contribution in [3.8, 4) is 0 Å². The fraction of sp³-hybridized carbons (Fsp3) is 0.222. The molecule has 1 amide bonds. The third-order valence-corrected chi connectivity index (χ3v) is 6.20. The van der Waals surface area contributed by atoms with Gasteiger partial charge < -0.3 is 10.6 Å². The number of benzene rings is 3. The smallest absolute Gasteiger partial charge is 0.280 e. The van der Waals surface area contributed by atoms with E-state index in [0.717, 1.165) is 0 Å². The van der Waals surface area contributed by atoms with Gasteiger partial charge in [0.15, 0.2) is 5.82 Å². The van der Waals surface area contributed by atoms with E-state index in [-0.39, 0.29) is 24.6 Å². The lowest BCUT2D eigenvalue weighted by atomic mass is 10.1. The van der Waals surface area contributed by atoms with Gasteiger partial charge in [0.2, 0.25) is 0 Å². The van der Waals surface area contributed by atoms with Crippen LogP contribution in [0, 0.1) is 12.7 Å². The van der Waals surface area contributed by atoms with Crippen LogP contribution in [0.25, 0.3) is 10.9 Å². The Bertz CT molecular complexity index is 1460. The normalized spacial score (nSPS) is 11.9. The molecule has 0 saturated heterocycles. The van der Waals surface area contributed by atoms with E-state index in [1.54, 1.807) is 30.0 Å². The highest BCUT2D eigenvalue weighted by molar-refractivity contribution is 6.31. The lowest BCUT2D eigenvalue weighted by molar-refractivity contribution is 0.0665. The third kappa shape index (κ3) is 5.10. The van der Waals surface area contributed by atoms with Gasteiger partial charge in [0, 0.05) is 23.7 Å². The number of para-hydroxylation sites is 1. The molecule has 1 heterocycles. The Morgan fingerprint density at radius 3 is 2.58 bits per heavy atom. The predicted molar refractivity (Wildman–Crippen MR) is 141 cm³/mol. The van der Waals surface area contributed by atoms with Gasteiger partial charge >= 0.3 is 0 Å². The van der Waals surface area contributed by atoms with Gasteiger partial charge in [-0.1, -0.05) is 36.7 Å². The summed E-state index contributed by atoms with van der Waals surface area (Å²) in [5, 5.41) is 0.825. The molecule has 0 spiro atoms. The highest BCUT2D eigenvalue weighted by Crippen LogP contribution is 2.27. The molecule has 1 atom stereocenters. The van der Waals surface area contributed by atoms with E-state index in [1.807, 2.05) is 37.3 Å². The molecule has 0 aliphatic carbocycles. The Hall–Kier alpha value is -3.75. The minimum atomic E-state index is -0.612.